The first-order valence-corrected chi connectivity index (χ1v) is 12.2. The lowest BCUT2D eigenvalue weighted by atomic mass is 10.0. The Morgan fingerprint density at radius 3 is 2.56 bits per heavy atom. The van der Waals surface area contributed by atoms with E-state index in [-0.39, 0.29) is 10.9 Å². The highest BCUT2D eigenvalue weighted by molar-refractivity contribution is 9.10. The van der Waals surface area contributed by atoms with Gasteiger partial charge >= 0.3 is 5.97 Å². The first kappa shape index (κ1) is 24.1. The molecule has 0 spiro atoms. The number of nitrogens with zero attached hydrogens (tertiary/aromatic N) is 2. The topological polar surface area (TPSA) is 68.2 Å². The van der Waals surface area contributed by atoms with Gasteiger partial charge in [-0.3, -0.25) is 4.68 Å². The molecule has 0 bridgehead atoms. The van der Waals surface area contributed by atoms with Gasteiger partial charge in [-0.1, -0.05) is 42.5 Å². The summed E-state index contributed by atoms with van der Waals surface area (Å²) >= 11 is 10.4. The van der Waals surface area contributed by atoms with Crippen molar-refractivity contribution in [3.05, 3.63) is 87.1 Å². The molecule has 0 atom stereocenters. The van der Waals surface area contributed by atoms with Crippen molar-refractivity contribution in [1.82, 2.24) is 9.78 Å². The van der Waals surface area contributed by atoms with E-state index >= 15 is 0 Å². The summed E-state index contributed by atoms with van der Waals surface area (Å²) in [7, 11) is 1.36. The number of aryl methyl sites for hydroxylation is 1. The lowest BCUT2D eigenvalue weighted by molar-refractivity contribution is 0.0603. The van der Waals surface area contributed by atoms with Crippen LogP contribution < -0.4 is 10.6 Å². The molecule has 2 N–H and O–H groups in total. The van der Waals surface area contributed by atoms with Crippen LogP contribution in [0.1, 0.15) is 20.8 Å². The smallest absolute Gasteiger partial charge is 0.341 e. The minimum absolute atomic E-state index is 0.277. The van der Waals surface area contributed by atoms with Crippen LogP contribution in [0.25, 0.3) is 11.1 Å². The van der Waals surface area contributed by atoms with Gasteiger partial charge in [0.2, 0.25) is 0 Å². The van der Waals surface area contributed by atoms with Crippen LogP contribution in [-0.4, -0.2) is 28.0 Å². The number of halogens is 2. The first-order chi connectivity index (χ1) is 16.4. The Kier molecular flexibility index (Phi) is 7.40. The maximum absolute atomic E-state index is 13.2. The van der Waals surface area contributed by atoms with Crippen LogP contribution in [0, 0.1) is 12.7 Å². The van der Waals surface area contributed by atoms with Gasteiger partial charge in [0.1, 0.15) is 16.4 Å². The number of thiophene rings is 1. The number of carbonyl (C=O) groups is 1. The van der Waals surface area contributed by atoms with E-state index in [2.05, 4.69) is 31.7 Å². The molecule has 2 aromatic heterocycles. The largest absolute Gasteiger partial charge is 0.465 e. The second kappa shape index (κ2) is 10.5. The third kappa shape index (κ3) is 5.35. The molecule has 0 saturated heterocycles. The fraction of sp³-hybridized carbons (Fsp3) is 0.125. The Labute approximate surface area is 213 Å². The number of carbonyl (C=O) groups excluding carboxylic acids is 1. The molecule has 2 heterocycles. The van der Waals surface area contributed by atoms with Crippen LogP contribution in [0.3, 0.4) is 0 Å². The minimum atomic E-state index is -0.446. The number of aromatic nitrogens is 2. The highest BCUT2D eigenvalue weighted by Gasteiger charge is 2.24. The van der Waals surface area contributed by atoms with Crippen molar-refractivity contribution in [2.75, 3.05) is 17.7 Å². The first-order valence-electron chi connectivity index (χ1n) is 10.2. The molecule has 174 valence electrons. The van der Waals surface area contributed by atoms with Crippen LogP contribution in [0.5, 0.6) is 0 Å². The predicted octanol–water partition coefficient (Wildman–Crippen LogP) is 6.47. The molecule has 4 rings (SSSR count). The molecule has 0 radical (unpaired) electrons. The molecule has 2 aromatic carbocycles. The van der Waals surface area contributed by atoms with Crippen LogP contribution in [0.4, 0.5) is 15.2 Å². The van der Waals surface area contributed by atoms with Gasteiger partial charge in [0, 0.05) is 16.6 Å². The third-order valence-corrected chi connectivity index (χ3v) is 6.78. The number of benzene rings is 2. The molecule has 34 heavy (non-hydrogen) atoms. The third-order valence-electron chi connectivity index (χ3n) is 4.97. The van der Waals surface area contributed by atoms with E-state index in [9.17, 15) is 9.18 Å². The van der Waals surface area contributed by atoms with Crippen LogP contribution >= 0.6 is 39.5 Å². The fourth-order valence-electron chi connectivity index (χ4n) is 3.46. The summed E-state index contributed by atoms with van der Waals surface area (Å²) in [4.78, 5) is 13.6. The monoisotopic (exact) mass is 558 g/mol. The zero-order valence-corrected chi connectivity index (χ0v) is 21.5. The molecule has 0 aliphatic heterocycles. The maximum Gasteiger partial charge on any atom is 0.341 e. The fourth-order valence-corrected chi connectivity index (χ4v) is 5.21. The lowest BCUT2D eigenvalue weighted by Gasteiger charge is -2.10. The second-order valence-corrected chi connectivity index (χ2v) is 9.81. The summed E-state index contributed by atoms with van der Waals surface area (Å²) in [6.45, 7) is 2.42. The Balaban J connectivity index is 1.54. The summed E-state index contributed by atoms with van der Waals surface area (Å²) in [5.74, 6) is -0.219. The van der Waals surface area contributed by atoms with Crippen molar-refractivity contribution in [3.63, 3.8) is 0 Å². The van der Waals surface area contributed by atoms with Gasteiger partial charge in [0.15, 0.2) is 10.9 Å². The van der Waals surface area contributed by atoms with Crippen LogP contribution in [0.2, 0.25) is 0 Å². The maximum atomic E-state index is 13.2. The van der Waals surface area contributed by atoms with E-state index in [0.717, 1.165) is 21.6 Å². The minimum Gasteiger partial charge on any atom is -0.465 e. The molecule has 10 heteroatoms. The number of hydrogen-bond donors (Lipinski definition) is 2. The zero-order chi connectivity index (χ0) is 24.2. The second-order valence-electron chi connectivity index (χ2n) is 7.32. The Morgan fingerprint density at radius 1 is 1.18 bits per heavy atom. The van der Waals surface area contributed by atoms with Crippen molar-refractivity contribution in [1.29, 1.82) is 0 Å². The molecule has 4 aromatic rings. The van der Waals surface area contributed by atoms with Gasteiger partial charge in [0.25, 0.3) is 0 Å². The predicted molar refractivity (Wildman–Crippen MR) is 141 cm³/mol. The number of ether oxygens (including phenoxy) is 1. The SMILES string of the molecule is COC(=O)c1c(NC(=S)Nc2nn(Cc3ccc(F)cc3)cc2Br)sc(C)c1-c1ccccc1. The normalized spacial score (nSPS) is 10.7. The van der Waals surface area contributed by atoms with E-state index in [1.807, 2.05) is 37.3 Å². The molecule has 6 nitrogen and oxygen atoms in total. The molecule has 0 amide bonds. The van der Waals surface area contributed by atoms with E-state index in [1.54, 1.807) is 23.0 Å². The standard InChI is InChI=1S/C24H20BrFN4O2S2/c1-14-19(16-6-4-3-5-7-16)20(23(31)32-2)22(34-14)28-24(33)27-21-18(25)13-30(29-21)12-15-8-10-17(26)11-9-15/h3-11,13H,12H2,1-2H3,(H2,27,28,29,33). The van der Waals surface area contributed by atoms with Crippen molar-refractivity contribution < 1.29 is 13.9 Å². The average Bonchev–Trinajstić information content (AvgIpc) is 3.33. The van der Waals surface area contributed by atoms with E-state index < -0.39 is 5.97 Å². The Morgan fingerprint density at radius 2 is 1.88 bits per heavy atom. The Hall–Kier alpha value is -3.08. The highest BCUT2D eigenvalue weighted by atomic mass is 79.9. The summed E-state index contributed by atoms with van der Waals surface area (Å²) in [5, 5.41) is 11.6. The lowest BCUT2D eigenvalue weighted by Crippen LogP contribution is -2.20. The van der Waals surface area contributed by atoms with Gasteiger partial charge < -0.3 is 15.4 Å². The van der Waals surface area contributed by atoms with Gasteiger partial charge in [-0.05, 0) is 58.3 Å². The van der Waals surface area contributed by atoms with Crippen molar-refractivity contribution >= 4 is 61.4 Å². The van der Waals surface area contributed by atoms with Crippen LogP contribution in [0.15, 0.2) is 65.3 Å². The van der Waals surface area contributed by atoms with Gasteiger partial charge in [0.05, 0.1) is 18.1 Å². The molecular formula is C24H20BrFN4O2S2. The number of thiocarbonyl (C=S) groups is 1. The summed E-state index contributed by atoms with van der Waals surface area (Å²) in [5.41, 5.74) is 3.08. The van der Waals surface area contributed by atoms with Crippen molar-refractivity contribution in [3.8, 4) is 11.1 Å². The van der Waals surface area contributed by atoms with Crippen molar-refractivity contribution in [2.45, 2.75) is 13.5 Å². The quantitative estimate of drug-likeness (QED) is 0.209. The van der Waals surface area contributed by atoms with Gasteiger partial charge in [-0.25, -0.2) is 9.18 Å². The van der Waals surface area contributed by atoms with E-state index in [1.165, 1.54) is 30.6 Å². The number of esters is 1. The van der Waals surface area contributed by atoms with Gasteiger partial charge in [-0.2, -0.15) is 5.10 Å². The number of rotatable bonds is 6. The molecule has 0 aliphatic rings. The molecule has 0 fully saturated rings. The van der Waals surface area contributed by atoms with E-state index in [0.29, 0.717) is 27.4 Å². The molecular weight excluding hydrogens is 539 g/mol. The highest BCUT2D eigenvalue weighted by Crippen LogP contribution is 2.40. The number of anilines is 2. The summed E-state index contributed by atoms with van der Waals surface area (Å²) in [6.07, 6.45) is 1.80. The molecule has 0 aliphatic carbocycles. The van der Waals surface area contributed by atoms with E-state index in [4.69, 9.17) is 17.0 Å². The summed E-state index contributed by atoms with van der Waals surface area (Å²) in [6, 6.07) is 15.9. The van der Waals surface area contributed by atoms with Crippen LogP contribution in [-0.2, 0) is 11.3 Å². The number of nitrogens with one attached hydrogen (secondary N) is 2. The number of hydrogen-bond acceptors (Lipinski definition) is 5. The van der Waals surface area contributed by atoms with Crippen molar-refractivity contribution in [2.24, 2.45) is 0 Å². The average molecular weight is 559 g/mol. The Bertz CT molecular complexity index is 1340. The molecule has 0 unspecified atom stereocenters. The number of methoxy groups -OCH3 is 1. The zero-order valence-electron chi connectivity index (χ0n) is 18.3. The molecule has 0 saturated carbocycles. The summed E-state index contributed by atoms with van der Waals surface area (Å²) < 4.78 is 20.6. The van der Waals surface area contributed by atoms with Gasteiger partial charge in [-0.15, -0.1) is 11.3 Å².